The van der Waals surface area contributed by atoms with Crippen LogP contribution in [0.1, 0.15) is 19.8 Å². The van der Waals surface area contributed by atoms with Crippen molar-refractivity contribution in [2.24, 2.45) is 5.73 Å². The second-order valence-corrected chi connectivity index (χ2v) is 5.10. The molecule has 0 aromatic rings. The quantitative estimate of drug-likeness (QED) is 0.685. The Balaban J connectivity index is 2.33. The van der Waals surface area contributed by atoms with Gasteiger partial charge in [-0.1, -0.05) is 0 Å². The van der Waals surface area contributed by atoms with Gasteiger partial charge in [-0.05, 0) is 39.9 Å². The first-order valence-corrected chi connectivity index (χ1v) is 6.25. The van der Waals surface area contributed by atoms with Gasteiger partial charge >= 0.3 is 0 Å². The fraction of sp³-hybridized carbons (Fsp3) is 1.00. The Morgan fingerprint density at radius 3 is 2.50 bits per heavy atom. The molecule has 1 unspecified atom stereocenters. The van der Waals surface area contributed by atoms with Crippen molar-refractivity contribution in [1.82, 2.24) is 9.80 Å². The number of ether oxygens (including phenoxy) is 1. The van der Waals surface area contributed by atoms with Gasteiger partial charge in [0.15, 0.2) is 0 Å². The molecule has 1 saturated heterocycles. The summed E-state index contributed by atoms with van der Waals surface area (Å²) in [5, 5.41) is 0. The molecule has 1 aliphatic rings. The molecule has 1 aliphatic heterocycles. The Bertz CT molecular complexity index is 195. The minimum absolute atomic E-state index is 0.0333. The van der Waals surface area contributed by atoms with Gasteiger partial charge in [0.05, 0.1) is 12.1 Å². The van der Waals surface area contributed by atoms with Crippen molar-refractivity contribution in [3.05, 3.63) is 0 Å². The number of rotatable bonds is 7. The third-order valence-electron chi connectivity index (χ3n) is 3.77. The van der Waals surface area contributed by atoms with Gasteiger partial charge in [0, 0.05) is 26.7 Å². The molecule has 0 saturated carbocycles. The summed E-state index contributed by atoms with van der Waals surface area (Å²) < 4.78 is 5.26. The van der Waals surface area contributed by atoms with Crippen LogP contribution >= 0.6 is 0 Å². The van der Waals surface area contributed by atoms with E-state index in [2.05, 4.69) is 23.8 Å². The number of nitrogens with two attached hydrogens (primary N) is 1. The largest absolute Gasteiger partial charge is 0.383 e. The van der Waals surface area contributed by atoms with Gasteiger partial charge < -0.3 is 15.4 Å². The number of likely N-dealkylation sites (N-methyl/N-ethyl adjacent to an activating group) is 1. The molecule has 1 fully saturated rings. The highest BCUT2D eigenvalue weighted by molar-refractivity contribution is 4.86. The molecule has 96 valence electrons. The highest BCUT2D eigenvalue weighted by atomic mass is 16.5. The van der Waals surface area contributed by atoms with E-state index in [4.69, 9.17) is 10.5 Å². The van der Waals surface area contributed by atoms with E-state index in [1.54, 1.807) is 7.11 Å². The maximum absolute atomic E-state index is 5.84. The normalized spacial score (nSPS) is 21.6. The lowest BCUT2D eigenvalue weighted by molar-refractivity contribution is 0.0392. The van der Waals surface area contributed by atoms with Gasteiger partial charge in [-0.15, -0.1) is 0 Å². The van der Waals surface area contributed by atoms with Crippen LogP contribution in [0.15, 0.2) is 0 Å². The second-order valence-electron chi connectivity index (χ2n) is 5.10. The lowest BCUT2D eigenvalue weighted by Crippen LogP contribution is -2.54. The van der Waals surface area contributed by atoms with E-state index in [9.17, 15) is 0 Å². The van der Waals surface area contributed by atoms with Crippen LogP contribution in [0.25, 0.3) is 0 Å². The van der Waals surface area contributed by atoms with E-state index in [-0.39, 0.29) is 5.54 Å². The van der Waals surface area contributed by atoms with E-state index < -0.39 is 0 Å². The first kappa shape index (κ1) is 13.9. The zero-order chi connectivity index (χ0) is 12.0. The molecule has 2 N–H and O–H groups in total. The minimum Gasteiger partial charge on any atom is -0.383 e. The van der Waals surface area contributed by atoms with Gasteiger partial charge in [-0.3, -0.25) is 4.90 Å². The average Bonchev–Trinajstić information content (AvgIpc) is 2.78. The minimum atomic E-state index is -0.0333. The summed E-state index contributed by atoms with van der Waals surface area (Å²) in [5.41, 5.74) is 5.81. The van der Waals surface area contributed by atoms with Crippen LogP contribution in [0, 0.1) is 0 Å². The Morgan fingerprint density at radius 2 is 2.00 bits per heavy atom. The van der Waals surface area contributed by atoms with Gasteiger partial charge in [0.25, 0.3) is 0 Å². The fourth-order valence-corrected chi connectivity index (χ4v) is 2.20. The molecule has 4 heteroatoms. The van der Waals surface area contributed by atoms with Crippen LogP contribution in [-0.4, -0.2) is 68.8 Å². The summed E-state index contributed by atoms with van der Waals surface area (Å²) in [7, 11) is 3.88. The predicted molar refractivity (Wildman–Crippen MR) is 67.6 cm³/mol. The van der Waals surface area contributed by atoms with E-state index in [0.717, 1.165) is 13.1 Å². The molecule has 16 heavy (non-hydrogen) atoms. The number of methoxy groups -OCH3 is 1. The number of hydrogen-bond donors (Lipinski definition) is 1. The second kappa shape index (κ2) is 6.55. The molecule has 0 spiro atoms. The number of likely N-dealkylation sites (tertiary alicyclic amines) is 1. The molecule has 0 radical (unpaired) electrons. The third kappa shape index (κ3) is 3.70. The van der Waals surface area contributed by atoms with Crippen molar-refractivity contribution in [2.75, 3.05) is 53.5 Å². The zero-order valence-electron chi connectivity index (χ0n) is 11.0. The Hall–Kier alpha value is -0.160. The lowest BCUT2D eigenvalue weighted by atomic mass is 10.0. The van der Waals surface area contributed by atoms with Crippen molar-refractivity contribution < 1.29 is 4.74 Å². The van der Waals surface area contributed by atoms with Gasteiger partial charge in [-0.25, -0.2) is 0 Å². The summed E-state index contributed by atoms with van der Waals surface area (Å²) in [6, 6.07) is 0. The van der Waals surface area contributed by atoms with Crippen molar-refractivity contribution in [3.63, 3.8) is 0 Å². The molecular formula is C12H27N3O. The van der Waals surface area contributed by atoms with Crippen LogP contribution < -0.4 is 5.73 Å². The first-order valence-electron chi connectivity index (χ1n) is 6.25. The number of nitrogens with zero attached hydrogens (tertiary/aromatic N) is 2. The van der Waals surface area contributed by atoms with Crippen molar-refractivity contribution >= 4 is 0 Å². The summed E-state index contributed by atoms with van der Waals surface area (Å²) >= 11 is 0. The van der Waals surface area contributed by atoms with Crippen LogP contribution in [0.2, 0.25) is 0 Å². The standard InChI is InChI=1S/C12H27N3O/c1-12(10-13,11-16-3)14(2)8-9-15-6-4-5-7-15/h4-11,13H2,1-3H3. The van der Waals surface area contributed by atoms with Crippen LogP contribution in [0.4, 0.5) is 0 Å². The van der Waals surface area contributed by atoms with E-state index in [1.807, 2.05) is 0 Å². The third-order valence-corrected chi connectivity index (χ3v) is 3.77. The van der Waals surface area contributed by atoms with Crippen LogP contribution in [0.3, 0.4) is 0 Å². The van der Waals surface area contributed by atoms with Gasteiger partial charge in [0.1, 0.15) is 0 Å². The van der Waals surface area contributed by atoms with Gasteiger partial charge in [0.2, 0.25) is 0 Å². The molecule has 4 nitrogen and oxygen atoms in total. The van der Waals surface area contributed by atoms with Crippen molar-refractivity contribution in [1.29, 1.82) is 0 Å². The van der Waals surface area contributed by atoms with Crippen LogP contribution in [0.5, 0.6) is 0 Å². The summed E-state index contributed by atoms with van der Waals surface area (Å²) in [6.07, 6.45) is 2.71. The molecule has 0 aliphatic carbocycles. The van der Waals surface area contributed by atoms with Crippen molar-refractivity contribution in [3.8, 4) is 0 Å². The van der Waals surface area contributed by atoms with Crippen LogP contribution in [-0.2, 0) is 4.74 Å². The first-order chi connectivity index (χ1) is 7.62. The molecule has 0 amide bonds. The number of hydrogen-bond acceptors (Lipinski definition) is 4. The summed E-state index contributed by atoms with van der Waals surface area (Å²) in [4.78, 5) is 4.86. The Labute approximate surface area is 99.7 Å². The highest BCUT2D eigenvalue weighted by Crippen LogP contribution is 2.13. The van der Waals surface area contributed by atoms with E-state index in [0.29, 0.717) is 13.2 Å². The summed E-state index contributed by atoms with van der Waals surface area (Å²) in [6.45, 7) is 8.24. The summed E-state index contributed by atoms with van der Waals surface area (Å²) in [5.74, 6) is 0. The molecule has 0 aromatic carbocycles. The molecule has 0 bridgehead atoms. The maximum atomic E-state index is 5.84. The maximum Gasteiger partial charge on any atom is 0.0656 e. The monoisotopic (exact) mass is 229 g/mol. The molecule has 1 rings (SSSR count). The molecular weight excluding hydrogens is 202 g/mol. The lowest BCUT2D eigenvalue weighted by Gasteiger charge is -2.38. The molecule has 1 heterocycles. The highest BCUT2D eigenvalue weighted by Gasteiger charge is 2.27. The SMILES string of the molecule is COCC(C)(CN)N(C)CCN1CCCC1. The topological polar surface area (TPSA) is 41.7 Å². The van der Waals surface area contributed by atoms with Gasteiger partial charge in [-0.2, -0.15) is 0 Å². The average molecular weight is 229 g/mol. The van der Waals surface area contributed by atoms with E-state index in [1.165, 1.54) is 25.9 Å². The van der Waals surface area contributed by atoms with Crippen molar-refractivity contribution in [2.45, 2.75) is 25.3 Å². The predicted octanol–water partition coefficient (Wildman–Crippen LogP) is 0.378. The van der Waals surface area contributed by atoms with E-state index >= 15 is 0 Å². The molecule has 0 aromatic heterocycles. The zero-order valence-corrected chi connectivity index (χ0v) is 11.0. The molecule has 1 atom stereocenters. The Kier molecular flexibility index (Phi) is 5.69. The Morgan fingerprint density at radius 1 is 1.38 bits per heavy atom. The smallest absolute Gasteiger partial charge is 0.0656 e. The fourth-order valence-electron chi connectivity index (χ4n) is 2.20.